The Labute approximate surface area is 124 Å². The van der Waals surface area contributed by atoms with E-state index < -0.39 is 0 Å². The van der Waals surface area contributed by atoms with E-state index in [9.17, 15) is 4.79 Å². The fourth-order valence-corrected chi connectivity index (χ4v) is 1.88. The highest BCUT2D eigenvalue weighted by molar-refractivity contribution is 5.90. The Balaban J connectivity index is 1.90. The van der Waals surface area contributed by atoms with Crippen molar-refractivity contribution < 1.29 is 9.53 Å². The fraction of sp³-hybridized carbons (Fsp3) is 0.250. The first-order valence-electron chi connectivity index (χ1n) is 6.86. The number of carbonyl (C=O) groups is 1. The van der Waals surface area contributed by atoms with E-state index >= 15 is 0 Å². The number of rotatable bonds is 5. The molecule has 21 heavy (non-hydrogen) atoms. The number of aromatic nitrogens is 1. The van der Waals surface area contributed by atoms with Crippen LogP contribution in [0.1, 0.15) is 18.1 Å². The van der Waals surface area contributed by atoms with Crippen LogP contribution < -0.4 is 15.4 Å². The number of carbonyl (C=O) groups excluding carboxylic acids is 1. The molecule has 0 radical (unpaired) electrons. The molecule has 0 aliphatic heterocycles. The minimum Gasteiger partial charge on any atom is -0.494 e. The van der Waals surface area contributed by atoms with Crippen LogP contribution in [0.2, 0.25) is 0 Å². The summed E-state index contributed by atoms with van der Waals surface area (Å²) in [6.45, 7) is 4.96. The summed E-state index contributed by atoms with van der Waals surface area (Å²) in [5.41, 5.74) is 2.73. The van der Waals surface area contributed by atoms with Gasteiger partial charge in [-0.1, -0.05) is 0 Å². The number of amides is 2. The van der Waals surface area contributed by atoms with Crippen molar-refractivity contribution in [2.45, 2.75) is 20.4 Å². The molecule has 0 atom stereocenters. The summed E-state index contributed by atoms with van der Waals surface area (Å²) >= 11 is 0. The number of hydrogen-bond acceptors (Lipinski definition) is 3. The molecule has 1 aromatic carbocycles. The van der Waals surface area contributed by atoms with E-state index in [1.165, 1.54) is 0 Å². The van der Waals surface area contributed by atoms with Gasteiger partial charge in [0.1, 0.15) is 5.75 Å². The summed E-state index contributed by atoms with van der Waals surface area (Å²) in [6.07, 6.45) is 3.40. The van der Waals surface area contributed by atoms with E-state index in [0.717, 1.165) is 22.6 Å². The number of ether oxygens (including phenoxy) is 1. The van der Waals surface area contributed by atoms with Gasteiger partial charge in [-0.2, -0.15) is 0 Å². The standard InChI is InChI=1S/C16H19N3O2/c1-3-21-14-4-5-15(12(2)10-14)19-16(20)18-11-13-6-8-17-9-7-13/h4-10H,3,11H2,1-2H3,(H2,18,19,20). The van der Waals surface area contributed by atoms with E-state index in [1.807, 2.05) is 44.2 Å². The summed E-state index contributed by atoms with van der Waals surface area (Å²) in [5, 5.41) is 5.63. The molecule has 2 rings (SSSR count). The van der Waals surface area contributed by atoms with Crippen molar-refractivity contribution in [1.82, 2.24) is 10.3 Å². The molecule has 1 heterocycles. The van der Waals surface area contributed by atoms with E-state index in [1.54, 1.807) is 12.4 Å². The van der Waals surface area contributed by atoms with Gasteiger partial charge in [0.05, 0.1) is 6.61 Å². The van der Waals surface area contributed by atoms with Crippen LogP contribution in [0, 0.1) is 6.92 Å². The van der Waals surface area contributed by atoms with Gasteiger partial charge in [-0.25, -0.2) is 4.79 Å². The van der Waals surface area contributed by atoms with Crippen LogP contribution in [0.3, 0.4) is 0 Å². The van der Waals surface area contributed by atoms with Gasteiger partial charge in [0.25, 0.3) is 0 Å². The average molecular weight is 285 g/mol. The molecule has 1 aromatic heterocycles. The summed E-state index contributed by atoms with van der Waals surface area (Å²) in [7, 11) is 0. The second-order valence-corrected chi connectivity index (χ2v) is 4.57. The number of aryl methyl sites for hydroxylation is 1. The van der Waals surface area contributed by atoms with Crippen molar-refractivity contribution in [2.24, 2.45) is 0 Å². The van der Waals surface area contributed by atoms with Gasteiger partial charge in [-0.15, -0.1) is 0 Å². The molecule has 0 saturated carbocycles. The maximum Gasteiger partial charge on any atom is 0.319 e. The lowest BCUT2D eigenvalue weighted by Gasteiger charge is -2.11. The molecule has 0 saturated heterocycles. The van der Waals surface area contributed by atoms with E-state index in [0.29, 0.717) is 13.2 Å². The van der Waals surface area contributed by atoms with Crippen molar-refractivity contribution >= 4 is 11.7 Å². The Morgan fingerprint density at radius 2 is 2.00 bits per heavy atom. The molecule has 2 amide bonds. The first-order chi connectivity index (χ1) is 10.2. The average Bonchev–Trinajstić information content (AvgIpc) is 2.49. The molecule has 0 unspecified atom stereocenters. The Kier molecular flexibility index (Phi) is 5.15. The second kappa shape index (κ2) is 7.28. The van der Waals surface area contributed by atoms with Gasteiger partial charge in [-0.3, -0.25) is 4.98 Å². The monoisotopic (exact) mass is 285 g/mol. The molecular weight excluding hydrogens is 266 g/mol. The minimum absolute atomic E-state index is 0.237. The molecule has 0 aliphatic rings. The zero-order valence-corrected chi connectivity index (χ0v) is 12.2. The van der Waals surface area contributed by atoms with Crippen molar-refractivity contribution in [2.75, 3.05) is 11.9 Å². The van der Waals surface area contributed by atoms with Gasteiger partial charge in [0, 0.05) is 24.6 Å². The maximum absolute atomic E-state index is 11.9. The molecule has 2 aromatic rings. The van der Waals surface area contributed by atoms with Crippen LogP contribution in [-0.2, 0) is 6.54 Å². The third kappa shape index (κ3) is 4.49. The predicted molar refractivity (Wildman–Crippen MR) is 82.4 cm³/mol. The summed E-state index contributed by atoms with van der Waals surface area (Å²) in [5.74, 6) is 0.803. The summed E-state index contributed by atoms with van der Waals surface area (Å²) in [6, 6.07) is 9.08. The van der Waals surface area contributed by atoms with Gasteiger partial charge < -0.3 is 15.4 Å². The number of nitrogens with zero attached hydrogens (tertiary/aromatic N) is 1. The van der Waals surface area contributed by atoms with Crippen molar-refractivity contribution in [3.63, 3.8) is 0 Å². The predicted octanol–water partition coefficient (Wildman–Crippen LogP) is 3.11. The zero-order valence-electron chi connectivity index (χ0n) is 12.2. The van der Waals surface area contributed by atoms with Crippen LogP contribution in [0.15, 0.2) is 42.7 Å². The van der Waals surface area contributed by atoms with Gasteiger partial charge >= 0.3 is 6.03 Å². The molecular formula is C16H19N3O2. The van der Waals surface area contributed by atoms with E-state index in [2.05, 4.69) is 15.6 Å². The maximum atomic E-state index is 11.9. The quantitative estimate of drug-likeness (QED) is 0.887. The van der Waals surface area contributed by atoms with Crippen LogP contribution in [0.4, 0.5) is 10.5 Å². The Bertz CT molecular complexity index is 600. The fourth-order valence-electron chi connectivity index (χ4n) is 1.88. The van der Waals surface area contributed by atoms with Crippen LogP contribution in [-0.4, -0.2) is 17.6 Å². The molecule has 0 fully saturated rings. The van der Waals surface area contributed by atoms with E-state index in [4.69, 9.17) is 4.74 Å². The molecule has 0 bridgehead atoms. The lowest BCUT2D eigenvalue weighted by Crippen LogP contribution is -2.28. The third-order valence-electron chi connectivity index (χ3n) is 2.96. The zero-order chi connectivity index (χ0) is 15.1. The molecule has 110 valence electrons. The number of anilines is 1. The molecule has 2 N–H and O–H groups in total. The normalized spacial score (nSPS) is 10.0. The number of pyridine rings is 1. The highest BCUT2D eigenvalue weighted by atomic mass is 16.5. The van der Waals surface area contributed by atoms with Gasteiger partial charge in [-0.05, 0) is 55.3 Å². The number of hydrogen-bond donors (Lipinski definition) is 2. The summed E-state index contributed by atoms with van der Waals surface area (Å²) in [4.78, 5) is 15.8. The smallest absolute Gasteiger partial charge is 0.319 e. The molecule has 5 heteroatoms. The van der Waals surface area contributed by atoms with Crippen molar-refractivity contribution in [3.05, 3.63) is 53.9 Å². The highest BCUT2D eigenvalue weighted by Crippen LogP contribution is 2.21. The first kappa shape index (κ1) is 14.8. The highest BCUT2D eigenvalue weighted by Gasteiger charge is 2.05. The van der Waals surface area contributed by atoms with Crippen molar-refractivity contribution in [3.8, 4) is 5.75 Å². The number of urea groups is 1. The van der Waals surface area contributed by atoms with Gasteiger partial charge in [0.2, 0.25) is 0 Å². The van der Waals surface area contributed by atoms with Crippen molar-refractivity contribution in [1.29, 1.82) is 0 Å². The lowest BCUT2D eigenvalue weighted by atomic mass is 10.2. The largest absolute Gasteiger partial charge is 0.494 e. The SMILES string of the molecule is CCOc1ccc(NC(=O)NCc2ccncc2)c(C)c1. The van der Waals surface area contributed by atoms with Crippen LogP contribution in [0.5, 0.6) is 5.75 Å². The molecule has 0 spiro atoms. The Hall–Kier alpha value is -2.56. The first-order valence-corrected chi connectivity index (χ1v) is 6.86. The third-order valence-corrected chi connectivity index (χ3v) is 2.96. The van der Waals surface area contributed by atoms with E-state index in [-0.39, 0.29) is 6.03 Å². The summed E-state index contributed by atoms with van der Waals surface area (Å²) < 4.78 is 5.42. The van der Waals surface area contributed by atoms with Crippen LogP contribution in [0.25, 0.3) is 0 Å². The number of nitrogens with one attached hydrogen (secondary N) is 2. The minimum atomic E-state index is -0.237. The second-order valence-electron chi connectivity index (χ2n) is 4.57. The molecule has 5 nitrogen and oxygen atoms in total. The topological polar surface area (TPSA) is 63.2 Å². The Morgan fingerprint density at radius 1 is 1.24 bits per heavy atom. The van der Waals surface area contributed by atoms with Crippen LogP contribution >= 0.6 is 0 Å². The Morgan fingerprint density at radius 3 is 2.67 bits per heavy atom. The van der Waals surface area contributed by atoms with Gasteiger partial charge in [0.15, 0.2) is 0 Å². The number of benzene rings is 1. The molecule has 0 aliphatic carbocycles. The lowest BCUT2D eigenvalue weighted by molar-refractivity contribution is 0.251.